The normalized spacial score (nSPS) is 10.7. The molecule has 1 heterocycles. The zero-order valence-electron chi connectivity index (χ0n) is 16.4. The molecule has 0 radical (unpaired) electrons. The molecule has 0 unspecified atom stereocenters. The Morgan fingerprint density at radius 2 is 1.79 bits per heavy atom. The van der Waals surface area contributed by atoms with Gasteiger partial charge in [0.2, 0.25) is 0 Å². The second-order valence-electron chi connectivity index (χ2n) is 6.19. The van der Waals surface area contributed by atoms with Crippen molar-refractivity contribution in [1.29, 1.82) is 0 Å². The van der Waals surface area contributed by atoms with Crippen molar-refractivity contribution in [3.05, 3.63) is 59.3 Å². The van der Waals surface area contributed by atoms with Crippen molar-refractivity contribution in [3.63, 3.8) is 0 Å². The van der Waals surface area contributed by atoms with Gasteiger partial charge in [0.1, 0.15) is 17.1 Å². The first-order valence-corrected chi connectivity index (χ1v) is 9.16. The molecule has 0 saturated heterocycles. The molecule has 1 aromatic heterocycles. The lowest BCUT2D eigenvalue weighted by molar-refractivity contribution is 0.0527. The summed E-state index contributed by atoms with van der Waals surface area (Å²) in [5.41, 5.74) is 2.54. The summed E-state index contributed by atoms with van der Waals surface area (Å²) in [5, 5.41) is 0.697. The van der Waals surface area contributed by atoms with Crippen LogP contribution in [0.15, 0.2) is 42.5 Å². The van der Waals surface area contributed by atoms with Crippen LogP contribution in [-0.4, -0.2) is 30.2 Å². The molecule has 0 saturated carbocycles. The van der Waals surface area contributed by atoms with Crippen molar-refractivity contribution in [2.75, 3.05) is 13.7 Å². The van der Waals surface area contributed by atoms with Crippen LogP contribution in [0, 0.1) is 6.92 Å². The number of nitrogens with zero attached hydrogens (tertiary/aromatic N) is 1. The Labute approximate surface area is 163 Å². The minimum Gasteiger partial charge on any atom is -0.496 e. The van der Waals surface area contributed by atoms with Gasteiger partial charge >= 0.3 is 11.9 Å². The van der Waals surface area contributed by atoms with Crippen molar-refractivity contribution in [2.24, 2.45) is 0 Å². The van der Waals surface area contributed by atoms with E-state index in [1.54, 1.807) is 43.3 Å². The molecule has 28 heavy (non-hydrogen) atoms. The number of rotatable bonds is 6. The van der Waals surface area contributed by atoms with Crippen LogP contribution in [0.3, 0.4) is 0 Å². The third kappa shape index (κ3) is 3.45. The predicted octanol–water partition coefficient (Wildman–Crippen LogP) is 4.37. The third-order valence-electron chi connectivity index (χ3n) is 4.63. The molecule has 0 aliphatic rings. The number of ether oxygens (including phenoxy) is 3. The van der Waals surface area contributed by atoms with Gasteiger partial charge in [0, 0.05) is 23.1 Å². The summed E-state index contributed by atoms with van der Waals surface area (Å²) in [6, 6.07) is 12.1. The van der Waals surface area contributed by atoms with Gasteiger partial charge in [-0.2, -0.15) is 0 Å². The highest BCUT2D eigenvalue weighted by Gasteiger charge is 2.22. The third-order valence-corrected chi connectivity index (χ3v) is 4.63. The zero-order chi connectivity index (χ0) is 20.3. The van der Waals surface area contributed by atoms with E-state index >= 15 is 0 Å². The number of aromatic nitrogens is 1. The van der Waals surface area contributed by atoms with E-state index in [9.17, 15) is 9.59 Å². The average molecular weight is 381 g/mol. The van der Waals surface area contributed by atoms with E-state index in [1.165, 1.54) is 7.11 Å². The summed E-state index contributed by atoms with van der Waals surface area (Å²) in [6.45, 7) is 6.67. The maximum Gasteiger partial charge on any atom is 0.347 e. The Hall–Kier alpha value is -3.28. The molecule has 6 heteroatoms. The van der Waals surface area contributed by atoms with E-state index in [1.807, 2.05) is 24.5 Å². The lowest BCUT2D eigenvalue weighted by atomic mass is 10.1. The fourth-order valence-corrected chi connectivity index (χ4v) is 3.37. The smallest absolute Gasteiger partial charge is 0.347 e. The Bertz CT molecular complexity index is 1030. The molecule has 6 nitrogen and oxygen atoms in total. The Kier molecular flexibility index (Phi) is 5.68. The molecule has 3 rings (SSSR count). The van der Waals surface area contributed by atoms with Crippen LogP contribution in [0.5, 0.6) is 11.5 Å². The first kappa shape index (κ1) is 19.5. The van der Waals surface area contributed by atoms with Gasteiger partial charge in [-0.15, -0.1) is 0 Å². The highest BCUT2D eigenvalue weighted by atomic mass is 16.5. The van der Waals surface area contributed by atoms with Crippen molar-refractivity contribution >= 4 is 22.8 Å². The van der Waals surface area contributed by atoms with Gasteiger partial charge in [-0.1, -0.05) is 12.1 Å². The number of hydrogen-bond acceptors (Lipinski definition) is 5. The zero-order valence-corrected chi connectivity index (χ0v) is 16.4. The van der Waals surface area contributed by atoms with E-state index in [4.69, 9.17) is 14.2 Å². The number of hydrogen-bond donors (Lipinski definition) is 0. The molecule has 3 aromatic rings. The minimum atomic E-state index is -0.527. The molecule has 0 aliphatic heterocycles. The highest BCUT2D eigenvalue weighted by molar-refractivity contribution is 6.06. The van der Waals surface area contributed by atoms with E-state index in [0.29, 0.717) is 41.2 Å². The SMILES string of the molecule is CCOC(=O)c1c(C)n(CC)c2ccc(OC(=O)c3ccccc3OC)cc12. The van der Waals surface area contributed by atoms with Gasteiger partial charge in [-0.25, -0.2) is 9.59 Å². The molecular weight excluding hydrogens is 358 g/mol. The summed E-state index contributed by atoms with van der Waals surface area (Å²) in [6.07, 6.45) is 0. The number of methoxy groups -OCH3 is 1. The number of fused-ring (bicyclic) bond motifs is 1. The van der Waals surface area contributed by atoms with Gasteiger partial charge in [-0.3, -0.25) is 0 Å². The van der Waals surface area contributed by atoms with E-state index in [2.05, 4.69) is 0 Å². The second-order valence-corrected chi connectivity index (χ2v) is 6.19. The predicted molar refractivity (Wildman–Crippen MR) is 106 cm³/mol. The lowest BCUT2D eigenvalue weighted by Gasteiger charge is -2.09. The number of aryl methyl sites for hydroxylation is 1. The number of para-hydroxylation sites is 1. The van der Waals surface area contributed by atoms with E-state index in [0.717, 1.165) is 11.2 Å². The maximum absolute atomic E-state index is 12.6. The largest absolute Gasteiger partial charge is 0.496 e. The topological polar surface area (TPSA) is 66.8 Å². The number of esters is 2. The molecular formula is C22H23NO5. The molecule has 0 atom stereocenters. The second kappa shape index (κ2) is 8.17. The number of carbonyl (C=O) groups excluding carboxylic acids is 2. The quantitative estimate of drug-likeness (QED) is 0.468. The monoisotopic (exact) mass is 381 g/mol. The summed E-state index contributed by atoms with van der Waals surface area (Å²) in [5.74, 6) is -0.123. The van der Waals surface area contributed by atoms with E-state index in [-0.39, 0.29) is 5.97 Å². The fraction of sp³-hybridized carbons (Fsp3) is 0.273. The molecule has 2 aromatic carbocycles. The minimum absolute atomic E-state index is 0.291. The van der Waals surface area contributed by atoms with Gasteiger partial charge in [-0.05, 0) is 51.1 Å². The van der Waals surface area contributed by atoms with Crippen LogP contribution in [-0.2, 0) is 11.3 Å². The van der Waals surface area contributed by atoms with Crippen molar-refractivity contribution < 1.29 is 23.8 Å². The first-order chi connectivity index (χ1) is 13.5. The molecule has 146 valence electrons. The molecule has 0 amide bonds. The van der Waals surface area contributed by atoms with Crippen LogP contribution in [0.2, 0.25) is 0 Å². The van der Waals surface area contributed by atoms with Crippen LogP contribution in [0.25, 0.3) is 10.9 Å². The first-order valence-electron chi connectivity index (χ1n) is 9.16. The van der Waals surface area contributed by atoms with Gasteiger partial charge in [0.15, 0.2) is 0 Å². The Morgan fingerprint density at radius 3 is 2.46 bits per heavy atom. The number of benzene rings is 2. The van der Waals surface area contributed by atoms with Gasteiger partial charge in [0.25, 0.3) is 0 Å². The lowest BCUT2D eigenvalue weighted by Crippen LogP contribution is -2.10. The summed E-state index contributed by atoms with van der Waals surface area (Å²) in [7, 11) is 1.50. The van der Waals surface area contributed by atoms with Crippen molar-refractivity contribution in [3.8, 4) is 11.5 Å². The fourth-order valence-electron chi connectivity index (χ4n) is 3.37. The van der Waals surface area contributed by atoms with Crippen LogP contribution in [0.1, 0.15) is 40.3 Å². The van der Waals surface area contributed by atoms with Crippen molar-refractivity contribution in [2.45, 2.75) is 27.3 Å². The maximum atomic E-state index is 12.6. The van der Waals surface area contributed by atoms with Gasteiger partial charge in [0.05, 0.1) is 19.3 Å². The Balaban J connectivity index is 2.03. The van der Waals surface area contributed by atoms with Gasteiger partial charge < -0.3 is 18.8 Å². The van der Waals surface area contributed by atoms with Crippen molar-refractivity contribution in [1.82, 2.24) is 4.57 Å². The summed E-state index contributed by atoms with van der Waals surface area (Å²) < 4.78 is 18.0. The molecule has 0 N–H and O–H groups in total. The van der Waals surface area contributed by atoms with Crippen LogP contribution >= 0.6 is 0 Å². The van der Waals surface area contributed by atoms with Crippen LogP contribution < -0.4 is 9.47 Å². The molecule has 0 fully saturated rings. The average Bonchev–Trinajstić information content (AvgIpc) is 2.98. The summed E-state index contributed by atoms with van der Waals surface area (Å²) in [4.78, 5) is 25.1. The van der Waals surface area contributed by atoms with Crippen LogP contribution in [0.4, 0.5) is 0 Å². The molecule has 0 spiro atoms. The van der Waals surface area contributed by atoms with E-state index < -0.39 is 5.97 Å². The number of carbonyl (C=O) groups is 2. The molecule has 0 aliphatic carbocycles. The summed E-state index contributed by atoms with van der Waals surface area (Å²) >= 11 is 0. The highest BCUT2D eigenvalue weighted by Crippen LogP contribution is 2.31. The standard InChI is InChI=1S/C22H23NO5/c1-5-23-14(3)20(22(25)27-6-2)17-13-15(11-12-18(17)23)28-21(24)16-9-7-8-10-19(16)26-4/h7-13H,5-6H2,1-4H3. The molecule has 0 bridgehead atoms. The Morgan fingerprint density at radius 1 is 1.04 bits per heavy atom.